The molecule has 6 rings (SSSR count). The van der Waals surface area contributed by atoms with Crippen molar-refractivity contribution in [2.75, 3.05) is 40.4 Å². The van der Waals surface area contributed by atoms with Crippen molar-refractivity contribution in [3.63, 3.8) is 0 Å². The van der Waals surface area contributed by atoms with Crippen LogP contribution in [0.3, 0.4) is 0 Å². The molecule has 0 bridgehead atoms. The van der Waals surface area contributed by atoms with Gasteiger partial charge in [0.05, 0.1) is 36.3 Å². The topological polar surface area (TPSA) is 309 Å². The second kappa shape index (κ2) is 16.7. The predicted octanol–water partition coefficient (Wildman–Crippen LogP) is -3.95. The number of Topliss-reactive ketones (excluding diaryl/α,β-unsaturated/α-hetero) is 2. The lowest BCUT2D eigenvalue weighted by Crippen LogP contribution is -2.75. The minimum absolute atomic E-state index is 0.0313. The van der Waals surface area contributed by atoms with Crippen molar-refractivity contribution in [2.45, 2.75) is 99.8 Å². The van der Waals surface area contributed by atoms with Gasteiger partial charge in [-0.3, -0.25) is 29.1 Å². The molecule has 0 spiro atoms. The fourth-order valence-corrected chi connectivity index (χ4v) is 10.3. The standard InChI is InChI=1S/C37H58N6O13/c1-16-8-20-28(30(48)22(16)13-42-35(39)40-2)31(49)27-21(29(20)47)10-19(54-3)11-23(27)55-34-32(50)33(51)36(52,37(53,15-44)56-34)12-18(17-6-7-41-24(38)9-17)14-43-25(45)4-5-26(43)46/h4-5,16-24,27-28,30,32-34,41,44,48,50-53H,6-15,38H2,1-3H3,(H3,39,40,42)/t16?,17?,18-,19?,20?,21?,22?,23?,24?,27?,28?,30?,32-,33-,34+,36+,37-/m1/s1. The van der Waals surface area contributed by atoms with Gasteiger partial charge in [0.25, 0.3) is 11.8 Å². The summed E-state index contributed by atoms with van der Waals surface area (Å²) in [4.78, 5) is 58.7. The molecule has 17 atom stereocenters. The molecule has 2 amide bonds. The first-order valence-corrected chi connectivity index (χ1v) is 19.5. The number of fused-ring (bicyclic) bond motifs is 2. The summed E-state index contributed by atoms with van der Waals surface area (Å²) < 4.78 is 17.7. The molecule has 0 aromatic rings. The summed E-state index contributed by atoms with van der Waals surface area (Å²) in [7, 11) is 2.95. The summed E-state index contributed by atoms with van der Waals surface area (Å²) in [6.45, 7) is 1.07. The number of carbonyl (C=O) groups is 4. The molecule has 5 fully saturated rings. The molecule has 314 valence electrons. The number of ether oxygens (including phenoxy) is 3. The summed E-state index contributed by atoms with van der Waals surface area (Å²) in [5.74, 6) is -10.2. The lowest BCUT2D eigenvalue weighted by molar-refractivity contribution is -0.437. The quantitative estimate of drug-likeness (QED) is 0.0542. The zero-order chi connectivity index (χ0) is 40.9. The van der Waals surface area contributed by atoms with Crippen LogP contribution in [-0.4, -0.2) is 160 Å². The van der Waals surface area contributed by atoms with Gasteiger partial charge >= 0.3 is 0 Å². The van der Waals surface area contributed by atoms with Crippen molar-refractivity contribution < 1.29 is 64.0 Å². The number of aliphatic hydroxyl groups is 6. The van der Waals surface area contributed by atoms with Gasteiger partial charge in [0, 0.05) is 63.6 Å². The Bertz CT molecular complexity index is 1550. The minimum atomic E-state index is -2.98. The summed E-state index contributed by atoms with van der Waals surface area (Å²) >= 11 is 0. The number of carbonyl (C=O) groups excluding carboxylic acids is 4. The molecule has 3 aliphatic carbocycles. The average molecular weight is 795 g/mol. The maximum Gasteiger partial charge on any atom is 0.253 e. The molecule has 0 aromatic heterocycles. The van der Waals surface area contributed by atoms with Crippen LogP contribution in [0.1, 0.15) is 45.4 Å². The van der Waals surface area contributed by atoms with E-state index in [1.54, 1.807) is 0 Å². The van der Waals surface area contributed by atoms with E-state index in [9.17, 15) is 49.8 Å². The van der Waals surface area contributed by atoms with Gasteiger partial charge in [-0.2, -0.15) is 0 Å². The van der Waals surface area contributed by atoms with E-state index < -0.39 is 120 Å². The molecule has 12 N–H and O–H groups in total. The smallest absolute Gasteiger partial charge is 0.253 e. The summed E-state index contributed by atoms with van der Waals surface area (Å²) in [5, 5.41) is 75.5. The van der Waals surface area contributed by atoms with Gasteiger partial charge in [-0.05, 0) is 56.4 Å². The van der Waals surface area contributed by atoms with Gasteiger partial charge in [-0.1, -0.05) is 6.92 Å². The Morgan fingerprint density at radius 2 is 1.73 bits per heavy atom. The van der Waals surface area contributed by atoms with Crippen LogP contribution in [-0.2, 0) is 33.4 Å². The van der Waals surface area contributed by atoms with E-state index in [4.69, 9.17) is 25.7 Å². The number of aliphatic hydroxyl groups excluding tert-OH is 4. The molecule has 19 nitrogen and oxygen atoms in total. The molecule has 0 aromatic carbocycles. The number of nitrogens with two attached hydrogens (primary N) is 2. The van der Waals surface area contributed by atoms with Crippen LogP contribution in [0.2, 0.25) is 0 Å². The Morgan fingerprint density at radius 1 is 1.05 bits per heavy atom. The monoisotopic (exact) mass is 794 g/mol. The zero-order valence-corrected chi connectivity index (χ0v) is 32.0. The highest BCUT2D eigenvalue weighted by Gasteiger charge is 2.66. The Labute approximate surface area is 324 Å². The third-order valence-electron chi connectivity index (χ3n) is 13.6. The molecule has 3 aliphatic heterocycles. The van der Waals surface area contributed by atoms with E-state index in [1.807, 2.05) is 6.92 Å². The van der Waals surface area contributed by atoms with Crippen molar-refractivity contribution in [3.8, 4) is 0 Å². The third-order valence-corrected chi connectivity index (χ3v) is 13.6. The van der Waals surface area contributed by atoms with Crippen LogP contribution in [0.4, 0.5) is 0 Å². The SMILES string of the molecule is CN=C(N)NCC1C(C)CC2C(=O)C3CC(OC)CC(O[C@H]4O[C@](O)(CO)[C@](O)(C[C@H](CN5C(=O)C=CC5=O)C5CCNC(N)C5)[C@H](O)[C@H]4O)C3C(=O)C2C1O. The molecule has 6 aliphatic rings. The van der Waals surface area contributed by atoms with E-state index >= 15 is 0 Å². The maximum absolute atomic E-state index is 14.5. The molecule has 0 radical (unpaired) electrons. The second-order valence-corrected chi connectivity index (χ2v) is 16.6. The number of guanidine groups is 1. The number of amides is 2. The summed E-state index contributed by atoms with van der Waals surface area (Å²) in [6, 6.07) is 0. The number of methoxy groups -OCH3 is 1. The van der Waals surface area contributed by atoms with E-state index in [0.717, 1.165) is 17.1 Å². The van der Waals surface area contributed by atoms with Crippen LogP contribution in [0, 0.1) is 47.3 Å². The Balaban J connectivity index is 1.25. The summed E-state index contributed by atoms with van der Waals surface area (Å²) in [6.07, 6.45) is -6.61. The van der Waals surface area contributed by atoms with Crippen molar-refractivity contribution in [2.24, 2.45) is 63.8 Å². The Kier molecular flexibility index (Phi) is 12.7. The number of aliphatic imine (C=N–C) groups is 1. The van der Waals surface area contributed by atoms with Crippen LogP contribution in [0.15, 0.2) is 17.1 Å². The van der Waals surface area contributed by atoms with Crippen molar-refractivity contribution in [3.05, 3.63) is 12.2 Å². The fraction of sp³-hybridized carbons (Fsp3) is 0.811. The number of rotatable bonds is 11. The molecule has 11 unspecified atom stereocenters. The van der Waals surface area contributed by atoms with Gasteiger partial charge < -0.3 is 67.0 Å². The van der Waals surface area contributed by atoms with Crippen molar-refractivity contribution >= 4 is 29.3 Å². The summed E-state index contributed by atoms with van der Waals surface area (Å²) in [5.41, 5.74) is 9.21. The second-order valence-electron chi connectivity index (χ2n) is 16.6. The number of nitrogens with zero attached hydrogens (tertiary/aromatic N) is 2. The molecule has 56 heavy (non-hydrogen) atoms. The van der Waals surface area contributed by atoms with E-state index in [0.29, 0.717) is 25.8 Å². The molecular formula is C37H58N6O13. The predicted molar refractivity (Wildman–Crippen MR) is 194 cm³/mol. The molecular weight excluding hydrogens is 736 g/mol. The fourth-order valence-electron chi connectivity index (χ4n) is 10.3. The van der Waals surface area contributed by atoms with Gasteiger partial charge in [0.15, 0.2) is 12.2 Å². The van der Waals surface area contributed by atoms with Crippen LogP contribution < -0.4 is 22.1 Å². The number of imide groups is 1. The highest BCUT2D eigenvalue weighted by Crippen LogP contribution is 2.51. The number of hydrogen-bond donors (Lipinski definition) is 10. The molecule has 2 saturated heterocycles. The van der Waals surface area contributed by atoms with Crippen LogP contribution in [0.25, 0.3) is 0 Å². The molecule has 19 heteroatoms. The maximum atomic E-state index is 14.5. The largest absolute Gasteiger partial charge is 0.392 e. The number of ketones is 2. The highest BCUT2D eigenvalue weighted by molar-refractivity contribution is 6.12. The lowest BCUT2D eigenvalue weighted by atomic mass is 9.53. The van der Waals surface area contributed by atoms with Crippen molar-refractivity contribution in [1.29, 1.82) is 0 Å². The minimum Gasteiger partial charge on any atom is -0.392 e. The van der Waals surface area contributed by atoms with Gasteiger partial charge in [-0.25, -0.2) is 0 Å². The van der Waals surface area contributed by atoms with Gasteiger partial charge in [0.2, 0.25) is 5.79 Å². The highest BCUT2D eigenvalue weighted by atomic mass is 16.8. The lowest BCUT2D eigenvalue weighted by Gasteiger charge is -2.55. The number of hydrogen-bond acceptors (Lipinski definition) is 16. The third kappa shape index (κ3) is 7.68. The van der Waals surface area contributed by atoms with Gasteiger partial charge in [0.1, 0.15) is 36.0 Å². The van der Waals surface area contributed by atoms with E-state index in [1.165, 1.54) is 14.2 Å². The molecule has 3 heterocycles. The first-order chi connectivity index (χ1) is 26.5. The normalized spacial score (nSPS) is 45.1. The van der Waals surface area contributed by atoms with Crippen LogP contribution >= 0.6 is 0 Å². The number of nitrogens with one attached hydrogen (secondary N) is 2. The molecule has 3 saturated carbocycles. The average Bonchev–Trinajstić information content (AvgIpc) is 3.49. The van der Waals surface area contributed by atoms with E-state index in [2.05, 4.69) is 15.6 Å². The first-order valence-electron chi connectivity index (χ1n) is 19.5. The first kappa shape index (κ1) is 42.7. The Morgan fingerprint density at radius 3 is 2.36 bits per heavy atom. The van der Waals surface area contributed by atoms with Gasteiger partial charge in [-0.15, -0.1) is 0 Å². The Hall–Kier alpha value is -2.95. The van der Waals surface area contributed by atoms with E-state index in [-0.39, 0.29) is 49.5 Å². The number of piperidine rings is 1. The zero-order valence-electron chi connectivity index (χ0n) is 32.0. The van der Waals surface area contributed by atoms with Crippen molar-refractivity contribution in [1.82, 2.24) is 15.5 Å². The van der Waals surface area contributed by atoms with Crippen LogP contribution in [0.5, 0.6) is 0 Å².